The molecule has 0 fully saturated rings. The molecule has 0 saturated carbocycles. The van der Waals surface area contributed by atoms with Gasteiger partial charge in [-0.1, -0.05) is 29.8 Å². The molecule has 0 atom stereocenters. The third kappa shape index (κ3) is 3.40. The van der Waals surface area contributed by atoms with Crippen molar-refractivity contribution in [3.8, 4) is 0 Å². The number of benzene rings is 2. The number of carbonyl (C=O) groups excluding carboxylic acids is 2. The van der Waals surface area contributed by atoms with Crippen molar-refractivity contribution in [1.29, 1.82) is 0 Å². The monoisotopic (exact) mass is 356 g/mol. The van der Waals surface area contributed by atoms with E-state index in [0.717, 1.165) is 15.6 Å². The molecule has 0 N–H and O–H groups in total. The maximum absolute atomic E-state index is 12.4. The highest BCUT2D eigenvalue weighted by Crippen LogP contribution is 2.28. The fourth-order valence-electron chi connectivity index (χ4n) is 2.27. The van der Waals surface area contributed by atoms with Gasteiger partial charge in [0.05, 0.1) is 17.6 Å². The number of hydrogen-bond donors (Lipinski definition) is 0. The van der Waals surface area contributed by atoms with Gasteiger partial charge < -0.3 is 4.74 Å². The summed E-state index contributed by atoms with van der Waals surface area (Å²) in [6.45, 7) is 0. The SMILES string of the molecule is COC(=O)c1ccc2sc(C(=O)/C=C/c3ccccc3Cl)cc2c1. The number of allylic oxidation sites excluding steroid dienone is 1. The van der Waals surface area contributed by atoms with Gasteiger partial charge in [-0.05, 0) is 53.4 Å². The Kier molecular flexibility index (Phi) is 4.79. The predicted octanol–water partition coefficient (Wildman–Crippen LogP) is 5.24. The Labute approximate surface area is 148 Å². The Morgan fingerprint density at radius 1 is 1.12 bits per heavy atom. The molecule has 0 unspecified atom stereocenters. The lowest BCUT2D eigenvalue weighted by molar-refractivity contribution is 0.0601. The normalized spacial score (nSPS) is 11.1. The van der Waals surface area contributed by atoms with Gasteiger partial charge in [0.25, 0.3) is 0 Å². The lowest BCUT2D eigenvalue weighted by Crippen LogP contribution is -1.99. The molecule has 120 valence electrons. The zero-order chi connectivity index (χ0) is 17.1. The summed E-state index contributed by atoms with van der Waals surface area (Å²) >= 11 is 7.46. The first-order chi connectivity index (χ1) is 11.6. The second-order valence-electron chi connectivity index (χ2n) is 5.07. The maximum Gasteiger partial charge on any atom is 0.337 e. The van der Waals surface area contributed by atoms with Crippen LogP contribution in [0.25, 0.3) is 16.2 Å². The Balaban J connectivity index is 1.87. The van der Waals surface area contributed by atoms with E-state index in [2.05, 4.69) is 0 Å². The van der Waals surface area contributed by atoms with Gasteiger partial charge in [0.2, 0.25) is 0 Å². The van der Waals surface area contributed by atoms with Gasteiger partial charge in [-0.3, -0.25) is 4.79 Å². The van der Waals surface area contributed by atoms with Crippen LogP contribution in [0, 0.1) is 0 Å². The van der Waals surface area contributed by atoms with Crippen molar-refractivity contribution >= 4 is 50.9 Å². The largest absolute Gasteiger partial charge is 0.465 e. The van der Waals surface area contributed by atoms with E-state index in [-0.39, 0.29) is 5.78 Å². The van der Waals surface area contributed by atoms with Crippen LogP contribution in [-0.4, -0.2) is 18.9 Å². The Bertz CT molecular complexity index is 956. The zero-order valence-corrected chi connectivity index (χ0v) is 14.4. The van der Waals surface area contributed by atoms with Crippen LogP contribution in [0.1, 0.15) is 25.6 Å². The molecular formula is C19H13ClO3S. The summed E-state index contributed by atoms with van der Waals surface area (Å²) in [6.07, 6.45) is 3.21. The average Bonchev–Trinajstić information content (AvgIpc) is 3.03. The van der Waals surface area contributed by atoms with E-state index in [1.165, 1.54) is 24.5 Å². The molecule has 0 spiro atoms. The van der Waals surface area contributed by atoms with Crippen LogP contribution in [0.4, 0.5) is 0 Å². The topological polar surface area (TPSA) is 43.4 Å². The summed E-state index contributed by atoms with van der Waals surface area (Å²) in [5.74, 6) is -0.495. The van der Waals surface area contributed by atoms with E-state index in [1.54, 1.807) is 30.3 Å². The summed E-state index contributed by atoms with van der Waals surface area (Å²) in [6, 6.07) is 14.4. The summed E-state index contributed by atoms with van der Waals surface area (Å²) < 4.78 is 5.65. The Hall–Kier alpha value is -2.43. The molecule has 5 heteroatoms. The quantitative estimate of drug-likeness (QED) is 0.365. The first-order valence-corrected chi connectivity index (χ1v) is 8.37. The van der Waals surface area contributed by atoms with Crippen LogP contribution in [0.5, 0.6) is 0 Å². The molecule has 0 bridgehead atoms. The molecule has 0 aliphatic heterocycles. The number of thiophene rings is 1. The lowest BCUT2D eigenvalue weighted by Gasteiger charge is -1.97. The first kappa shape index (κ1) is 16.4. The van der Waals surface area contributed by atoms with E-state index in [1.807, 2.05) is 24.3 Å². The van der Waals surface area contributed by atoms with Crippen LogP contribution in [0.15, 0.2) is 54.6 Å². The summed E-state index contributed by atoms with van der Waals surface area (Å²) in [5.41, 5.74) is 1.26. The molecule has 1 heterocycles. The first-order valence-electron chi connectivity index (χ1n) is 7.17. The van der Waals surface area contributed by atoms with E-state index in [4.69, 9.17) is 16.3 Å². The van der Waals surface area contributed by atoms with Crippen LogP contribution >= 0.6 is 22.9 Å². The second-order valence-corrected chi connectivity index (χ2v) is 6.56. The molecule has 0 aliphatic carbocycles. The number of carbonyl (C=O) groups is 2. The zero-order valence-electron chi connectivity index (χ0n) is 12.8. The highest BCUT2D eigenvalue weighted by atomic mass is 35.5. The van der Waals surface area contributed by atoms with Crippen molar-refractivity contribution in [1.82, 2.24) is 0 Å². The number of ketones is 1. The van der Waals surface area contributed by atoms with Gasteiger partial charge in [-0.15, -0.1) is 11.3 Å². The smallest absolute Gasteiger partial charge is 0.337 e. The highest BCUT2D eigenvalue weighted by Gasteiger charge is 2.11. The van der Waals surface area contributed by atoms with Crippen molar-refractivity contribution < 1.29 is 14.3 Å². The van der Waals surface area contributed by atoms with Gasteiger partial charge in [-0.25, -0.2) is 4.79 Å². The summed E-state index contributed by atoms with van der Waals surface area (Å²) in [7, 11) is 1.34. The molecule has 1 aromatic heterocycles. The van der Waals surface area contributed by atoms with Crippen molar-refractivity contribution in [3.63, 3.8) is 0 Å². The number of fused-ring (bicyclic) bond motifs is 1. The van der Waals surface area contributed by atoms with E-state index < -0.39 is 5.97 Å². The molecule has 0 saturated heterocycles. The maximum atomic E-state index is 12.4. The Morgan fingerprint density at radius 2 is 1.92 bits per heavy atom. The molecule has 3 aromatic rings. The molecule has 0 aliphatic rings. The van der Waals surface area contributed by atoms with Crippen molar-refractivity contribution in [2.45, 2.75) is 0 Å². The number of esters is 1. The standard InChI is InChI=1S/C19H13ClO3S/c1-23-19(22)13-7-9-17-14(10-13)11-18(24-17)16(21)8-6-12-4-2-3-5-15(12)20/h2-11H,1H3/b8-6+. The van der Waals surface area contributed by atoms with Gasteiger partial charge >= 0.3 is 5.97 Å². The van der Waals surface area contributed by atoms with Gasteiger partial charge in [0, 0.05) is 9.72 Å². The third-order valence-electron chi connectivity index (χ3n) is 3.50. The van der Waals surface area contributed by atoms with Crippen LogP contribution in [0.3, 0.4) is 0 Å². The van der Waals surface area contributed by atoms with Crippen molar-refractivity contribution in [2.24, 2.45) is 0 Å². The van der Waals surface area contributed by atoms with Crippen LogP contribution in [-0.2, 0) is 4.74 Å². The average molecular weight is 357 g/mol. The van der Waals surface area contributed by atoms with E-state index in [9.17, 15) is 9.59 Å². The highest BCUT2D eigenvalue weighted by molar-refractivity contribution is 7.21. The summed E-state index contributed by atoms with van der Waals surface area (Å²) in [5, 5.41) is 1.44. The fourth-order valence-corrected chi connectivity index (χ4v) is 3.43. The second kappa shape index (κ2) is 6.99. The van der Waals surface area contributed by atoms with E-state index in [0.29, 0.717) is 15.5 Å². The molecule has 0 amide bonds. The molecule has 3 rings (SSSR count). The Morgan fingerprint density at radius 3 is 2.67 bits per heavy atom. The predicted molar refractivity (Wildman–Crippen MR) is 98.0 cm³/mol. The summed E-state index contributed by atoms with van der Waals surface area (Å²) in [4.78, 5) is 24.5. The van der Waals surface area contributed by atoms with Crippen LogP contribution < -0.4 is 0 Å². The molecule has 24 heavy (non-hydrogen) atoms. The van der Waals surface area contributed by atoms with Crippen molar-refractivity contribution in [2.75, 3.05) is 7.11 Å². The fraction of sp³-hybridized carbons (Fsp3) is 0.0526. The molecule has 2 aromatic carbocycles. The number of rotatable bonds is 4. The van der Waals surface area contributed by atoms with Gasteiger partial charge in [-0.2, -0.15) is 0 Å². The minimum Gasteiger partial charge on any atom is -0.465 e. The number of methoxy groups -OCH3 is 1. The molecule has 3 nitrogen and oxygen atoms in total. The number of hydrogen-bond acceptors (Lipinski definition) is 4. The number of ether oxygens (including phenoxy) is 1. The van der Waals surface area contributed by atoms with Crippen molar-refractivity contribution in [3.05, 3.63) is 75.6 Å². The van der Waals surface area contributed by atoms with Gasteiger partial charge in [0.15, 0.2) is 5.78 Å². The lowest BCUT2D eigenvalue weighted by atomic mass is 10.1. The van der Waals surface area contributed by atoms with Crippen LogP contribution in [0.2, 0.25) is 5.02 Å². The van der Waals surface area contributed by atoms with Gasteiger partial charge in [0.1, 0.15) is 0 Å². The number of halogens is 1. The van der Waals surface area contributed by atoms with E-state index >= 15 is 0 Å². The third-order valence-corrected chi connectivity index (χ3v) is 4.97. The minimum absolute atomic E-state index is 0.101. The molecular weight excluding hydrogens is 344 g/mol. The molecule has 0 radical (unpaired) electrons. The minimum atomic E-state index is -0.394.